The summed E-state index contributed by atoms with van der Waals surface area (Å²) >= 11 is 5.62. The van der Waals surface area contributed by atoms with Gasteiger partial charge in [-0.25, -0.2) is 4.39 Å². The summed E-state index contributed by atoms with van der Waals surface area (Å²) in [7, 11) is 0. The normalized spacial score (nSPS) is 10.3. The second-order valence-corrected chi connectivity index (χ2v) is 4.73. The maximum absolute atomic E-state index is 13.3. The van der Waals surface area contributed by atoms with Crippen LogP contribution in [0, 0.1) is 5.82 Å². The predicted molar refractivity (Wildman–Crippen MR) is 78.8 cm³/mol. The van der Waals surface area contributed by atoms with E-state index < -0.39 is 5.82 Å². The molecule has 0 unspecified atom stereocenters. The number of pyridine rings is 1. The van der Waals surface area contributed by atoms with E-state index in [0.717, 1.165) is 24.3 Å². The van der Waals surface area contributed by atoms with Crippen molar-refractivity contribution in [1.82, 2.24) is 4.98 Å². The van der Waals surface area contributed by atoms with Crippen LogP contribution in [0.3, 0.4) is 0 Å². The van der Waals surface area contributed by atoms with Gasteiger partial charge in [-0.05, 0) is 30.7 Å². The van der Waals surface area contributed by atoms with Crippen LogP contribution in [0.5, 0.6) is 5.75 Å². The summed E-state index contributed by atoms with van der Waals surface area (Å²) < 4.78 is 18.8. The molecule has 0 atom stereocenters. The smallest absolute Gasteiger partial charge is 0.145 e. The second-order valence-electron chi connectivity index (χ2n) is 4.33. The van der Waals surface area contributed by atoms with E-state index in [1.54, 1.807) is 12.3 Å². The molecule has 0 aliphatic rings. The van der Waals surface area contributed by atoms with Crippen LogP contribution in [0.15, 0.2) is 36.5 Å². The third-order valence-corrected chi connectivity index (χ3v) is 2.98. The molecule has 0 amide bonds. The van der Waals surface area contributed by atoms with E-state index in [2.05, 4.69) is 17.2 Å². The summed E-state index contributed by atoms with van der Waals surface area (Å²) in [6.07, 6.45) is 2.78. The summed E-state index contributed by atoms with van der Waals surface area (Å²) in [6.45, 7) is 3.29. The first-order valence-corrected chi connectivity index (χ1v) is 6.83. The third kappa shape index (κ3) is 4.10. The topological polar surface area (TPSA) is 34.2 Å². The fourth-order valence-corrected chi connectivity index (χ4v) is 1.78. The van der Waals surface area contributed by atoms with Crippen molar-refractivity contribution < 1.29 is 9.13 Å². The fraction of sp³-hybridized carbons (Fsp3) is 0.267. The number of halogens is 2. The van der Waals surface area contributed by atoms with Gasteiger partial charge in [0.25, 0.3) is 0 Å². The number of aromatic nitrogens is 1. The fourth-order valence-electron chi connectivity index (χ4n) is 1.66. The van der Waals surface area contributed by atoms with Crippen LogP contribution < -0.4 is 10.1 Å². The lowest BCUT2D eigenvalue weighted by Crippen LogP contribution is -2.03. The molecule has 1 aromatic heterocycles. The lowest BCUT2D eigenvalue weighted by atomic mass is 10.3. The molecule has 20 heavy (non-hydrogen) atoms. The Balaban J connectivity index is 1.97. The van der Waals surface area contributed by atoms with Crippen molar-refractivity contribution in [1.29, 1.82) is 0 Å². The summed E-state index contributed by atoms with van der Waals surface area (Å²) in [4.78, 5) is 4.22. The number of anilines is 1. The third-order valence-electron chi connectivity index (χ3n) is 2.67. The Kier molecular flexibility index (Phi) is 5.18. The highest BCUT2D eigenvalue weighted by atomic mass is 35.5. The van der Waals surface area contributed by atoms with E-state index in [4.69, 9.17) is 16.3 Å². The number of nitrogens with zero attached hydrogens (tertiary/aromatic N) is 1. The Labute approximate surface area is 122 Å². The lowest BCUT2D eigenvalue weighted by molar-refractivity contribution is 0.300. The summed E-state index contributed by atoms with van der Waals surface area (Å²) in [5.74, 6) is -0.0592. The molecule has 0 spiro atoms. The van der Waals surface area contributed by atoms with Gasteiger partial charge in [-0.3, -0.25) is 4.98 Å². The van der Waals surface area contributed by atoms with Crippen LogP contribution in [0.2, 0.25) is 5.02 Å². The molecule has 1 N–H and O–H groups in total. The van der Waals surface area contributed by atoms with Gasteiger partial charge in [0.15, 0.2) is 0 Å². The first-order valence-electron chi connectivity index (χ1n) is 6.45. The number of hydrogen-bond acceptors (Lipinski definition) is 3. The van der Waals surface area contributed by atoms with Gasteiger partial charge in [0.1, 0.15) is 18.2 Å². The number of rotatable bonds is 6. The van der Waals surface area contributed by atoms with Crippen molar-refractivity contribution in [2.75, 3.05) is 11.9 Å². The minimum atomic E-state index is -0.490. The Hall–Kier alpha value is -1.81. The van der Waals surface area contributed by atoms with Gasteiger partial charge in [-0.1, -0.05) is 18.5 Å². The van der Waals surface area contributed by atoms with Crippen LogP contribution in [0.1, 0.15) is 19.0 Å². The molecular weight excluding hydrogens is 279 g/mol. The first kappa shape index (κ1) is 14.6. The van der Waals surface area contributed by atoms with Gasteiger partial charge >= 0.3 is 0 Å². The van der Waals surface area contributed by atoms with Crippen molar-refractivity contribution in [3.05, 3.63) is 53.1 Å². The molecule has 106 valence electrons. The first-order chi connectivity index (χ1) is 9.69. The minimum Gasteiger partial charge on any atom is -0.487 e. The zero-order valence-corrected chi connectivity index (χ0v) is 12.0. The average Bonchev–Trinajstić information content (AvgIpc) is 2.47. The zero-order chi connectivity index (χ0) is 14.4. The van der Waals surface area contributed by atoms with Crippen LogP contribution >= 0.6 is 11.6 Å². The van der Waals surface area contributed by atoms with E-state index in [1.165, 1.54) is 12.1 Å². The molecule has 0 aliphatic heterocycles. The summed E-state index contributed by atoms with van der Waals surface area (Å²) in [6, 6.07) is 8.19. The van der Waals surface area contributed by atoms with Crippen LogP contribution in [0.25, 0.3) is 0 Å². The van der Waals surface area contributed by atoms with E-state index in [1.807, 2.05) is 12.1 Å². The van der Waals surface area contributed by atoms with Crippen molar-refractivity contribution in [2.45, 2.75) is 20.0 Å². The van der Waals surface area contributed by atoms with Crippen molar-refractivity contribution in [2.24, 2.45) is 0 Å². The minimum absolute atomic E-state index is 0.0845. The average molecular weight is 295 g/mol. The molecule has 0 saturated heterocycles. The number of benzene rings is 1. The molecule has 0 bridgehead atoms. The van der Waals surface area contributed by atoms with Gasteiger partial charge in [0.2, 0.25) is 0 Å². The van der Waals surface area contributed by atoms with Gasteiger partial charge in [0.05, 0.1) is 10.7 Å². The molecule has 0 fully saturated rings. The number of ether oxygens (including phenoxy) is 1. The van der Waals surface area contributed by atoms with Gasteiger partial charge in [-0.15, -0.1) is 0 Å². The number of nitrogens with one attached hydrogen (secondary N) is 1. The largest absolute Gasteiger partial charge is 0.487 e. The molecule has 0 saturated carbocycles. The molecule has 5 heteroatoms. The lowest BCUT2D eigenvalue weighted by Gasteiger charge is -2.08. The Bertz CT molecular complexity index is 578. The van der Waals surface area contributed by atoms with Gasteiger partial charge < -0.3 is 10.1 Å². The molecule has 2 rings (SSSR count). The van der Waals surface area contributed by atoms with Gasteiger partial charge in [0, 0.05) is 24.5 Å². The molecular formula is C15H16ClFN2O. The second kappa shape index (κ2) is 7.10. The van der Waals surface area contributed by atoms with Crippen LogP contribution in [-0.2, 0) is 6.61 Å². The Morgan fingerprint density at radius 3 is 2.90 bits per heavy atom. The van der Waals surface area contributed by atoms with E-state index in [0.29, 0.717) is 5.75 Å². The molecule has 2 aromatic rings. The van der Waals surface area contributed by atoms with E-state index >= 15 is 0 Å². The van der Waals surface area contributed by atoms with Crippen LogP contribution in [-0.4, -0.2) is 11.5 Å². The highest BCUT2D eigenvalue weighted by Gasteiger charge is 2.03. The highest BCUT2D eigenvalue weighted by molar-refractivity contribution is 6.30. The number of hydrogen-bond donors (Lipinski definition) is 1. The SMILES string of the molecule is CCCNc1ccnc(COc2ccc(Cl)c(F)c2)c1. The van der Waals surface area contributed by atoms with Crippen molar-refractivity contribution in [3.63, 3.8) is 0 Å². The predicted octanol–water partition coefficient (Wildman–Crippen LogP) is 4.28. The Morgan fingerprint density at radius 1 is 1.30 bits per heavy atom. The molecule has 0 aliphatic carbocycles. The molecule has 1 heterocycles. The van der Waals surface area contributed by atoms with E-state index in [-0.39, 0.29) is 11.6 Å². The zero-order valence-electron chi connectivity index (χ0n) is 11.2. The standard InChI is InChI=1S/C15H16ClFN2O/c1-2-6-18-11-5-7-19-12(8-11)10-20-13-3-4-14(16)15(17)9-13/h3-5,7-9H,2,6,10H2,1H3,(H,18,19). The van der Waals surface area contributed by atoms with Crippen molar-refractivity contribution >= 4 is 17.3 Å². The molecule has 3 nitrogen and oxygen atoms in total. The maximum atomic E-state index is 13.3. The highest BCUT2D eigenvalue weighted by Crippen LogP contribution is 2.21. The maximum Gasteiger partial charge on any atom is 0.145 e. The summed E-state index contributed by atoms with van der Waals surface area (Å²) in [5, 5.41) is 3.36. The van der Waals surface area contributed by atoms with E-state index in [9.17, 15) is 4.39 Å². The molecule has 0 radical (unpaired) electrons. The molecule has 1 aromatic carbocycles. The quantitative estimate of drug-likeness (QED) is 0.863. The van der Waals surface area contributed by atoms with Crippen LogP contribution in [0.4, 0.5) is 10.1 Å². The Morgan fingerprint density at radius 2 is 2.15 bits per heavy atom. The van der Waals surface area contributed by atoms with Crippen molar-refractivity contribution in [3.8, 4) is 5.75 Å². The van der Waals surface area contributed by atoms with Gasteiger partial charge in [-0.2, -0.15) is 0 Å². The monoisotopic (exact) mass is 294 g/mol. The summed E-state index contributed by atoms with van der Waals surface area (Å²) in [5.41, 5.74) is 1.78.